The Kier molecular flexibility index (Phi) is 6.40. The van der Waals surface area contributed by atoms with Crippen LogP contribution in [0.4, 0.5) is 4.79 Å². The SMILES string of the molecule is CC(C)(C)OC(=O)N1CCC(NC=C2C(=O)CC(c3ccccc3)CC2=O)CC1. The van der Waals surface area contributed by atoms with E-state index in [2.05, 4.69) is 5.32 Å². The van der Waals surface area contributed by atoms with Crippen LogP contribution in [-0.4, -0.2) is 47.3 Å². The summed E-state index contributed by atoms with van der Waals surface area (Å²) in [6.07, 6.45) is 3.52. The van der Waals surface area contributed by atoms with E-state index < -0.39 is 5.60 Å². The minimum atomic E-state index is -0.504. The molecular formula is C23H30N2O4. The number of amides is 1. The van der Waals surface area contributed by atoms with E-state index in [0.717, 1.165) is 18.4 Å². The summed E-state index contributed by atoms with van der Waals surface area (Å²) in [6, 6.07) is 9.86. The Bertz CT molecular complexity index is 767. The number of nitrogens with one attached hydrogen (secondary N) is 1. The summed E-state index contributed by atoms with van der Waals surface area (Å²) in [4.78, 5) is 38.9. The molecule has 1 aliphatic heterocycles. The van der Waals surface area contributed by atoms with Crippen LogP contribution in [0, 0.1) is 0 Å². The fourth-order valence-electron chi connectivity index (χ4n) is 3.77. The Morgan fingerprint density at radius 1 is 1.07 bits per heavy atom. The Labute approximate surface area is 172 Å². The molecule has 0 unspecified atom stereocenters. The van der Waals surface area contributed by atoms with Gasteiger partial charge in [-0.3, -0.25) is 9.59 Å². The van der Waals surface area contributed by atoms with Crippen molar-refractivity contribution < 1.29 is 19.1 Å². The topological polar surface area (TPSA) is 75.7 Å². The number of carbonyl (C=O) groups is 3. The molecule has 6 heteroatoms. The third-order valence-electron chi connectivity index (χ3n) is 5.35. The van der Waals surface area contributed by atoms with Crippen molar-refractivity contribution in [2.75, 3.05) is 13.1 Å². The van der Waals surface area contributed by atoms with Gasteiger partial charge in [-0.25, -0.2) is 4.79 Å². The lowest BCUT2D eigenvalue weighted by molar-refractivity contribution is -0.124. The number of nitrogens with zero attached hydrogens (tertiary/aromatic N) is 1. The number of likely N-dealkylation sites (tertiary alicyclic amines) is 1. The van der Waals surface area contributed by atoms with Crippen LogP contribution in [-0.2, 0) is 14.3 Å². The van der Waals surface area contributed by atoms with Gasteiger partial charge >= 0.3 is 6.09 Å². The van der Waals surface area contributed by atoms with Gasteiger partial charge in [0.15, 0.2) is 11.6 Å². The number of carbonyl (C=O) groups excluding carboxylic acids is 3. The highest BCUT2D eigenvalue weighted by Gasteiger charge is 2.32. The van der Waals surface area contributed by atoms with Crippen LogP contribution in [0.1, 0.15) is 57.9 Å². The highest BCUT2D eigenvalue weighted by atomic mass is 16.6. The molecule has 1 heterocycles. The minimum Gasteiger partial charge on any atom is -0.444 e. The van der Waals surface area contributed by atoms with E-state index in [-0.39, 0.29) is 35.2 Å². The van der Waals surface area contributed by atoms with Gasteiger partial charge in [-0.1, -0.05) is 30.3 Å². The maximum atomic E-state index is 12.5. The molecule has 1 aromatic carbocycles. The zero-order valence-electron chi connectivity index (χ0n) is 17.4. The maximum Gasteiger partial charge on any atom is 0.410 e. The van der Waals surface area contributed by atoms with Gasteiger partial charge in [-0.05, 0) is 45.1 Å². The van der Waals surface area contributed by atoms with Gasteiger partial charge in [-0.2, -0.15) is 0 Å². The Morgan fingerprint density at radius 2 is 1.66 bits per heavy atom. The van der Waals surface area contributed by atoms with Gasteiger partial charge < -0.3 is 15.0 Å². The first-order valence-electron chi connectivity index (χ1n) is 10.3. The monoisotopic (exact) mass is 398 g/mol. The van der Waals surface area contributed by atoms with E-state index in [4.69, 9.17) is 4.74 Å². The first kappa shape index (κ1) is 21.1. The standard InChI is InChI=1S/C23H30N2O4/c1-23(2,3)29-22(28)25-11-9-18(10-12-25)24-15-19-20(26)13-17(14-21(19)27)16-7-5-4-6-8-16/h4-8,15,17-18,24H,9-14H2,1-3H3. The molecule has 29 heavy (non-hydrogen) atoms. The Morgan fingerprint density at radius 3 is 2.21 bits per heavy atom. The molecule has 2 fully saturated rings. The van der Waals surface area contributed by atoms with E-state index in [9.17, 15) is 14.4 Å². The molecule has 3 rings (SSSR count). The number of benzene rings is 1. The van der Waals surface area contributed by atoms with Gasteiger partial charge in [0, 0.05) is 38.2 Å². The van der Waals surface area contributed by atoms with Gasteiger partial charge in [0.1, 0.15) is 5.60 Å². The summed E-state index contributed by atoms with van der Waals surface area (Å²) < 4.78 is 5.41. The number of ketones is 2. The molecule has 1 amide bonds. The lowest BCUT2D eigenvalue weighted by Gasteiger charge is -2.33. The predicted octanol–water partition coefficient (Wildman–Crippen LogP) is 3.58. The average Bonchev–Trinajstić information content (AvgIpc) is 2.67. The zero-order valence-corrected chi connectivity index (χ0v) is 17.4. The molecule has 6 nitrogen and oxygen atoms in total. The van der Waals surface area contributed by atoms with Gasteiger partial charge in [-0.15, -0.1) is 0 Å². The third kappa shape index (κ3) is 5.68. The molecule has 0 bridgehead atoms. The molecule has 0 aromatic heterocycles. The van der Waals surface area contributed by atoms with Crippen molar-refractivity contribution in [3.8, 4) is 0 Å². The quantitative estimate of drug-likeness (QED) is 0.622. The van der Waals surface area contributed by atoms with Gasteiger partial charge in [0.05, 0.1) is 5.57 Å². The lowest BCUT2D eigenvalue weighted by Crippen LogP contribution is -2.45. The third-order valence-corrected chi connectivity index (χ3v) is 5.35. The van der Waals surface area contributed by atoms with Crippen LogP contribution in [0.25, 0.3) is 0 Å². The van der Waals surface area contributed by atoms with Crippen molar-refractivity contribution in [3.05, 3.63) is 47.7 Å². The molecular weight excluding hydrogens is 368 g/mol. The van der Waals surface area contributed by atoms with Crippen LogP contribution < -0.4 is 5.32 Å². The Balaban J connectivity index is 1.51. The van der Waals surface area contributed by atoms with E-state index >= 15 is 0 Å². The minimum absolute atomic E-state index is 0.0367. The van der Waals surface area contributed by atoms with Crippen molar-refractivity contribution in [2.24, 2.45) is 0 Å². The number of hydrogen-bond acceptors (Lipinski definition) is 5. The largest absolute Gasteiger partial charge is 0.444 e. The number of Topliss-reactive ketones (excluding diaryl/α,β-unsaturated/α-hetero) is 2. The number of piperidine rings is 1. The number of ether oxygens (including phenoxy) is 1. The van der Waals surface area contributed by atoms with Crippen LogP contribution in [0.15, 0.2) is 42.1 Å². The van der Waals surface area contributed by atoms with Crippen molar-refractivity contribution in [3.63, 3.8) is 0 Å². The molecule has 1 aromatic rings. The van der Waals surface area contributed by atoms with Crippen LogP contribution in [0.2, 0.25) is 0 Å². The second-order valence-electron chi connectivity index (χ2n) is 8.83. The van der Waals surface area contributed by atoms with Gasteiger partial charge in [0.2, 0.25) is 0 Å². The highest BCUT2D eigenvalue weighted by molar-refractivity contribution is 6.22. The number of hydrogen-bond donors (Lipinski definition) is 1. The Hall–Kier alpha value is -2.63. The summed E-state index contributed by atoms with van der Waals surface area (Å²) >= 11 is 0. The molecule has 1 aliphatic carbocycles. The zero-order chi connectivity index (χ0) is 21.0. The van der Waals surface area contributed by atoms with Crippen molar-refractivity contribution >= 4 is 17.7 Å². The first-order valence-corrected chi connectivity index (χ1v) is 10.3. The van der Waals surface area contributed by atoms with Crippen molar-refractivity contribution in [1.29, 1.82) is 0 Å². The van der Waals surface area contributed by atoms with E-state index in [0.29, 0.717) is 25.9 Å². The second kappa shape index (κ2) is 8.80. The average molecular weight is 399 g/mol. The lowest BCUT2D eigenvalue weighted by atomic mass is 9.80. The van der Waals surface area contributed by atoms with Crippen LogP contribution >= 0.6 is 0 Å². The van der Waals surface area contributed by atoms with Crippen molar-refractivity contribution in [2.45, 2.75) is 64.0 Å². The summed E-state index contributed by atoms with van der Waals surface area (Å²) in [5.41, 5.74) is 0.804. The second-order valence-corrected chi connectivity index (χ2v) is 8.83. The number of rotatable bonds is 3. The molecule has 0 radical (unpaired) electrons. The predicted molar refractivity (Wildman–Crippen MR) is 110 cm³/mol. The van der Waals surface area contributed by atoms with Crippen molar-refractivity contribution in [1.82, 2.24) is 10.2 Å². The molecule has 1 saturated heterocycles. The van der Waals surface area contributed by atoms with Crippen LogP contribution in [0.5, 0.6) is 0 Å². The molecule has 0 spiro atoms. The normalized spacial score (nSPS) is 21.1. The molecule has 0 atom stereocenters. The summed E-state index contributed by atoms with van der Waals surface area (Å²) in [5, 5.41) is 3.23. The van der Waals surface area contributed by atoms with Gasteiger partial charge in [0.25, 0.3) is 0 Å². The highest BCUT2D eigenvalue weighted by Crippen LogP contribution is 2.31. The maximum absolute atomic E-state index is 12.5. The summed E-state index contributed by atoms with van der Waals surface area (Å²) in [5.74, 6) is -0.243. The summed E-state index contributed by atoms with van der Waals surface area (Å²) in [7, 11) is 0. The number of allylic oxidation sites excluding steroid dienone is 1. The van der Waals surface area contributed by atoms with E-state index in [1.807, 2.05) is 51.1 Å². The fraction of sp³-hybridized carbons (Fsp3) is 0.522. The smallest absolute Gasteiger partial charge is 0.410 e. The molecule has 156 valence electrons. The summed E-state index contributed by atoms with van der Waals surface area (Å²) in [6.45, 7) is 6.74. The first-order chi connectivity index (χ1) is 13.7. The fourth-order valence-corrected chi connectivity index (χ4v) is 3.77. The molecule has 2 aliphatic rings. The molecule has 1 saturated carbocycles. The van der Waals surface area contributed by atoms with E-state index in [1.165, 1.54) is 0 Å². The van der Waals surface area contributed by atoms with Crippen LogP contribution in [0.3, 0.4) is 0 Å². The van der Waals surface area contributed by atoms with E-state index in [1.54, 1.807) is 11.1 Å². The molecule has 1 N–H and O–H groups in total.